The first-order valence-corrected chi connectivity index (χ1v) is 8.78. The van der Waals surface area contributed by atoms with Gasteiger partial charge in [0.1, 0.15) is 17.7 Å². The molecule has 3 atom stereocenters. The molecular formula is C15H15N3O6P-. The molecule has 1 aromatic carbocycles. The van der Waals surface area contributed by atoms with E-state index in [0.29, 0.717) is 0 Å². The van der Waals surface area contributed by atoms with Crippen molar-refractivity contribution in [2.24, 2.45) is 0 Å². The first-order chi connectivity index (χ1) is 11.9. The SMILES string of the molecule is Nc1ccn([C@H]2C=C[C@@H](COP(=O)([O-])Oc3ccccc3)O2)c(=O)n1. The summed E-state index contributed by atoms with van der Waals surface area (Å²) < 4.78 is 28.2. The zero-order chi connectivity index (χ0) is 17.9. The van der Waals surface area contributed by atoms with Crippen molar-refractivity contribution in [2.75, 3.05) is 12.3 Å². The van der Waals surface area contributed by atoms with Crippen molar-refractivity contribution in [2.45, 2.75) is 12.3 Å². The standard InChI is InChI=1S/C15H16N3O6P/c16-13-8-9-18(15(19)17-13)14-7-6-12(23-14)10-22-25(20,21)24-11-4-2-1-3-5-11/h1-9,12,14H,10H2,(H,20,21)(H2,16,17,19)/p-1/t12-,14+/m0/s1. The van der Waals surface area contributed by atoms with E-state index in [4.69, 9.17) is 19.5 Å². The zero-order valence-corrected chi connectivity index (χ0v) is 13.8. The Hall–Kier alpha value is -2.45. The lowest BCUT2D eigenvalue weighted by Gasteiger charge is -2.24. The minimum atomic E-state index is -4.54. The van der Waals surface area contributed by atoms with Crippen molar-refractivity contribution < 1.29 is 23.2 Å². The van der Waals surface area contributed by atoms with Gasteiger partial charge >= 0.3 is 13.5 Å². The summed E-state index contributed by atoms with van der Waals surface area (Å²) in [5, 5.41) is 0. The van der Waals surface area contributed by atoms with Crippen LogP contribution >= 0.6 is 7.82 Å². The fourth-order valence-corrected chi connectivity index (χ4v) is 2.93. The van der Waals surface area contributed by atoms with Crippen molar-refractivity contribution >= 4 is 13.6 Å². The average Bonchev–Trinajstić information content (AvgIpc) is 3.02. The minimum absolute atomic E-state index is 0.105. The van der Waals surface area contributed by atoms with Gasteiger partial charge in [0.25, 0.3) is 0 Å². The van der Waals surface area contributed by atoms with Gasteiger partial charge in [-0.15, -0.1) is 0 Å². The number of ether oxygens (including phenoxy) is 1. The molecular weight excluding hydrogens is 349 g/mol. The zero-order valence-electron chi connectivity index (χ0n) is 12.9. The second-order valence-electron chi connectivity index (χ2n) is 5.14. The van der Waals surface area contributed by atoms with Crippen LogP contribution < -0.4 is 20.8 Å². The molecule has 2 heterocycles. The third-order valence-corrected chi connectivity index (χ3v) is 4.19. The molecule has 0 bridgehead atoms. The van der Waals surface area contributed by atoms with Crippen molar-refractivity contribution in [3.8, 4) is 5.75 Å². The predicted molar refractivity (Wildman–Crippen MR) is 86.6 cm³/mol. The summed E-state index contributed by atoms with van der Waals surface area (Å²) in [6.07, 6.45) is 3.27. The van der Waals surface area contributed by atoms with E-state index in [0.717, 1.165) is 0 Å². The largest absolute Gasteiger partial charge is 0.746 e. The highest BCUT2D eigenvalue weighted by atomic mass is 31.2. The Kier molecular flexibility index (Phi) is 5.00. The summed E-state index contributed by atoms with van der Waals surface area (Å²) in [6, 6.07) is 9.46. The van der Waals surface area contributed by atoms with Gasteiger partial charge in [-0.25, -0.2) is 4.79 Å². The summed E-state index contributed by atoms with van der Waals surface area (Å²) in [6.45, 7) is -0.280. The molecule has 132 valence electrons. The van der Waals surface area contributed by atoms with Gasteiger partial charge in [0.15, 0.2) is 6.23 Å². The molecule has 2 aromatic rings. The molecule has 0 radical (unpaired) electrons. The van der Waals surface area contributed by atoms with E-state index in [-0.39, 0.29) is 18.2 Å². The number of phosphoric ester groups is 1. The van der Waals surface area contributed by atoms with Crippen LogP contribution in [0.15, 0.2) is 59.5 Å². The Bertz CT molecular complexity index is 869. The van der Waals surface area contributed by atoms with E-state index in [2.05, 4.69) is 4.98 Å². The second-order valence-corrected chi connectivity index (χ2v) is 6.47. The van der Waals surface area contributed by atoms with Gasteiger partial charge < -0.3 is 24.4 Å². The number of nitrogen functional groups attached to an aromatic ring is 1. The van der Waals surface area contributed by atoms with E-state index in [9.17, 15) is 14.3 Å². The lowest BCUT2D eigenvalue weighted by molar-refractivity contribution is -0.219. The number of hydrogen-bond acceptors (Lipinski definition) is 8. The maximum atomic E-state index is 11.8. The number of hydrogen-bond donors (Lipinski definition) is 1. The smallest absolute Gasteiger partial charge is 0.351 e. The molecule has 0 saturated heterocycles. The summed E-state index contributed by atoms with van der Waals surface area (Å²) in [5.41, 5.74) is 4.86. The molecule has 1 aliphatic rings. The maximum absolute atomic E-state index is 11.8. The van der Waals surface area contributed by atoms with Gasteiger partial charge in [-0.2, -0.15) is 4.98 Å². The van der Waals surface area contributed by atoms with Crippen LogP contribution in [0.5, 0.6) is 5.75 Å². The molecule has 2 N–H and O–H groups in total. The van der Waals surface area contributed by atoms with Crippen LogP contribution in [0.4, 0.5) is 5.82 Å². The summed E-state index contributed by atoms with van der Waals surface area (Å²) in [4.78, 5) is 27.2. The summed E-state index contributed by atoms with van der Waals surface area (Å²) in [7, 11) is -4.54. The highest BCUT2D eigenvalue weighted by molar-refractivity contribution is 7.46. The van der Waals surface area contributed by atoms with Crippen molar-refractivity contribution in [3.63, 3.8) is 0 Å². The molecule has 0 saturated carbocycles. The predicted octanol–water partition coefficient (Wildman–Crippen LogP) is 0.843. The Labute approximate surface area is 142 Å². The third kappa shape index (κ3) is 4.55. The first-order valence-electron chi connectivity index (χ1n) is 7.32. The van der Waals surface area contributed by atoms with E-state index in [1.165, 1.54) is 29.0 Å². The first kappa shape index (κ1) is 17.4. The lowest BCUT2D eigenvalue weighted by atomic mass is 10.3. The van der Waals surface area contributed by atoms with Crippen LogP contribution in [-0.4, -0.2) is 22.3 Å². The second kappa shape index (κ2) is 7.20. The number of para-hydroxylation sites is 1. The average molecular weight is 364 g/mol. The third-order valence-electron chi connectivity index (χ3n) is 3.29. The maximum Gasteiger partial charge on any atom is 0.351 e. The van der Waals surface area contributed by atoms with Crippen LogP contribution in [0, 0.1) is 0 Å². The van der Waals surface area contributed by atoms with Gasteiger partial charge in [-0.3, -0.25) is 9.13 Å². The van der Waals surface area contributed by atoms with E-state index in [1.54, 1.807) is 30.4 Å². The van der Waals surface area contributed by atoms with Gasteiger partial charge in [-0.05, 0) is 24.3 Å². The quantitative estimate of drug-likeness (QED) is 0.590. The lowest BCUT2D eigenvalue weighted by Crippen LogP contribution is -2.28. The normalized spacial score (nSPS) is 21.8. The van der Waals surface area contributed by atoms with Crippen LogP contribution in [0.2, 0.25) is 0 Å². The fourth-order valence-electron chi connectivity index (χ4n) is 2.16. The number of anilines is 1. The van der Waals surface area contributed by atoms with Crippen molar-refractivity contribution in [3.05, 3.63) is 65.2 Å². The Balaban J connectivity index is 1.56. The minimum Gasteiger partial charge on any atom is -0.746 e. The molecule has 1 aliphatic heterocycles. The monoisotopic (exact) mass is 364 g/mol. The Morgan fingerprint density at radius 2 is 2.04 bits per heavy atom. The molecule has 25 heavy (non-hydrogen) atoms. The molecule has 9 nitrogen and oxygen atoms in total. The van der Waals surface area contributed by atoms with Crippen LogP contribution in [-0.2, 0) is 13.8 Å². The number of nitrogens with zero attached hydrogens (tertiary/aromatic N) is 2. The van der Waals surface area contributed by atoms with E-state index >= 15 is 0 Å². The summed E-state index contributed by atoms with van der Waals surface area (Å²) >= 11 is 0. The van der Waals surface area contributed by atoms with E-state index in [1.807, 2.05) is 0 Å². The van der Waals surface area contributed by atoms with Crippen molar-refractivity contribution in [1.82, 2.24) is 9.55 Å². The van der Waals surface area contributed by atoms with E-state index < -0.39 is 25.8 Å². The van der Waals surface area contributed by atoms with Crippen molar-refractivity contribution in [1.29, 1.82) is 0 Å². The molecule has 10 heteroatoms. The molecule has 0 aliphatic carbocycles. The number of rotatable bonds is 6. The highest BCUT2D eigenvalue weighted by Gasteiger charge is 2.24. The molecule has 3 rings (SSSR count). The fraction of sp³-hybridized carbons (Fsp3) is 0.200. The molecule has 1 aromatic heterocycles. The van der Waals surface area contributed by atoms with Crippen LogP contribution in [0.3, 0.4) is 0 Å². The Morgan fingerprint density at radius 1 is 1.28 bits per heavy atom. The number of benzene rings is 1. The van der Waals surface area contributed by atoms with Gasteiger partial charge in [-0.1, -0.05) is 24.3 Å². The van der Waals surface area contributed by atoms with Gasteiger partial charge in [0.05, 0.1) is 6.61 Å². The topological polar surface area (TPSA) is 129 Å². The van der Waals surface area contributed by atoms with Gasteiger partial charge in [0, 0.05) is 6.20 Å². The van der Waals surface area contributed by atoms with Crippen LogP contribution in [0.1, 0.15) is 6.23 Å². The molecule has 0 amide bonds. The summed E-state index contributed by atoms with van der Waals surface area (Å²) in [5.74, 6) is 0.259. The number of aromatic nitrogens is 2. The van der Waals surface area contributed by atoms with Gasteiger partial charge in [0.2, 0.25) is 0 Å². The molecule has 0 fully saturated rings. The highest BCUT2D eigenvalue weighted by Crippen LogP contribution is 2.40. The molecule has 1 unspecified atom stereocenters. The Morgan fingerprint density at radius 3 is 2.76 bits per heavy atom. The molecule has 0 spiro atoms. The number of phosphoric acid groups is 1. The van der Waals surface area contributed by atoms with Crippen LogP contribution in [0.25, 0.3) is 0 Å². The number of nitrogens with two attached hydrogens (primary N) is 1.